The molecule has 1 aliphatic rings. The van der Waals surface area contributed by atoms with E-state index in [1.54, 1.807) is 12.1 Å². The molecule has 0 nitrogen and oxygen atoms in total. The van der Waals surface area contributed by atoms with Crippen molar-refractivity contribution in [1.29, 1.82) is 0 Å². The Morgan fingerprint density at radius 3 is 2.57 bits per heavy atom. The molecule has 0 amide bonds. The molecule has 0 radical (unpaired) electrons. The summed E-state index contributed by atoms with van der Waals surface area (Å²) in [6.07, 6.45) is 9.54. The molecule has 0 heterocycles. The number of rotatable bonds is 6. The van der Waals surface area contributed by atoms with E-state index >= 15 is 0 Å². The molecule has 0 spiro atoms. The SMILES string of the molecule is CCCCC1CCC(C(Br)Cc2cccc(F)c2F)CC1. The predicted molar refractivity (Wildman–Crippen MR) is 87.8 cm³/mol. The van der Waals surface area contributed by atoms with Crippen molar-refractivity contribution in [3.63, 3.8) is 0 Å². The van der Waals surface area contributed by atoms with Gasteiger partial charge in [-0.15, -0.1) is 0 Å². The molecule has 3 heteroatoms. The van der Waals surface area contributed by atoms with Crippen molar-refractivity contribution < 1.29 is 8.78 Å². The smallest absolute Gasteiger partial charge is 0.162 e. The quantitative estimate of drug-likeness (QED) is 0.525. The lowest BCUT2D eigenvalue weighted by atomic mass is 9.78. The summed E-state index contributed by atoms with van der Waals surface area (Å²) in [6.45, 7) is 2.24. The second-order valence-corrected chi connectivity index (χ2v) is 7.53. The zero-order chi connectivity index (χ0) is 15.2. The van der Waals surface area contributed by atoms with Crippen LogP contribution in [-0.2, 0) is 6.42 Å². The fourth-order valence-corrected chi connectivity index (χ4v) is 4.29. The van der Waals surface area contributed by atoms with Gasteiger partial charge in [-0.05, 0) is 42.7 Å². The molecular formula is C18H25BrF2. The van der Waals surface area contributed by atoms with Crippen LogP contribution >= 0.6 is 15.9 Å². The number of benzene rings is 1. The van der Waals surface area contributed by atoms with E-state index in [1.165, 1.54) is 51.0 Å². The molecule has 1 aliphatic carbocycles. The summed E-state index contributed by atoms with van der Waals surface area (Å²) in [5.41, 5.74) is 0.491. The van der Waals surface area contributed by atoms with Crippen molar-refractivity contribution in [2.24, 2.45) is 11.8 Å². The fraction of sp³-hybridized carbons (Fsp3) is 0.667. The minimum absolute atomic E-state index is 0.251. The average molecular weight is 359 g/mol. The molecule has 1 fully saturated rings. The van der Waals surface area contributed by atoms with Crippen molar-refractivity contribution in [3.8, 4) is 0 Å². The summed E-state index contributed by atoms with van der Waals surface area (Å²) >= 11 is 3.72. The van der Waals surface area contributed by atoms with Crippen LogP contribution in [0.3, 0.4) is 0 Å². The minimum Gasteiger partial charge on any atom is -0.204 e. The lowest BCUT2D eigenvalue weighted by Crippen LogP contribution is -2.24. The van der Waals surface area contributed by atoms with Gasteiger partial charge in [-0.2, -0.15) is 0 Å². The van der Waals surface area contributed by atoms with Gasteiger partial charge in [0.25, 0.3) is 0 Å². The lowest BCUT2D eigenvalue weighted by Gasteiger charge is -2.31. The van der Waals surface area contributed by atoms with E-state index in [2.05, 4.69) is 22.9 Å². The lowest BCUT2D eigenvalue weighted by molar-refractivity contribution is 0.255. The van der Waals surface area contributed by atoms with Gasteiger partial charge in [-0.3, -0.25) is 0 Å². The molecule has 1 aromatic rings. The van der Waals surface area contributed by atoms with Crippen LogP contribution in [0.5, 0.6) is 0 Å². The fourth-order valence-electron chi connectivity index (χ4n) is 3.41. The van der Waals surface area contributed by atoms with E-state index in [-0.39, 0.29) is 4.83 Å². The maximum absolute atomic E-state index is 13.7. The van der Waals surface area contributed by atoms with Crippen LogP contribution in [-0.4, -0.2) is 4.83 Å². The van der Waals surface area contributed by atoms with Crippen molar-refractivity contribution in [3.05, 3.63) is 35.4 Å². The molecule has 0 N–H and O–H groups in total. The molecule has 1 aromatic carbocycles. The predicted octanol–water partition coefficient (Wildman–Crippen LogP) is 6.27. The van der Waals surface area contributed by atoms with Gasteiger partial charge in [0.05, 0.1) is 0 Å². The first-order chi connectivity index (χ1) is 10.1. The molecule has 0 bridgehead atoms. The van der Waals surface area contributed by atoms with E-state index in [0.717, 1.165) is 5.92 Å². The second-order valence-electron chi connectivity index (χ2n) is 6.36. The molecule has 118 valence electrons. The van der Waals surface area contributed by atoms with Crippen molar-refractivity contribution in [1.82, 2.24) is 0 Å². The highest BCUT2D eigenvalue weighted by molar-refractivity contribution is 9.09. The highest BCUT2D eigenvalue weighted by Crippen LogP contribution is 2.37. The van der Waals surface area contributed by atoms with Gasteiger partial charge in [0, 0.05) is 4.83 Å². The highest BCUT2D eigenvalue weighted by atomic mass is 79.9. The van der Waals surface area contributed by atoms with Crippen LogP contribution < -0.4 is 0 Å². The van der Waals surface area contributed by atoms with Gasteiger partial charge >= 0.3 is 0 Å². The third-order valence-electron chi connectivity index (χ3n) is 4.82. The van der Waals surface area contributed by atoms with Gasteiger partial charge in [0.2, 0.25) is 0 Å². The third kappa shape index (κ3) is 4.77. The van der Waals surface area contributed by atoms with Crippen molar-refractivity contribution in [2.75, 3.05) is 0 Å². The first-order valence-electron chi connectivity index (χ1n) is 8.18. The van der Waals surface area contributed by atoms with Crippen LogP contribution in [0.4, 0.5) is 8.78 Å². The number of hydrogen-bond donors (Lipinski definition) is 0. The number of hydrogen-bond acceptors (Lipinski definition) is 0. The molecular weight excluding hydrogens is 334 g/mol. The average Bonchev–Trinajstić information content (AvgIpc) is 2.50. The summed E-state index contributed by atoms with van der Waals surface area (Å²) in [5.74, 6) is 0.0476. The Hall–Kier alpha value is -0.440. The summed E-state index contributed by atoms with van der Waals surface area (Å²) in [6, 6.07) is 4.47. The second kappa shape index (κ2) is 8.26. The number of alkyl halides is 1. The summed E-state index contributed by atoms with van der Waals surface area (Å²) in [4.78, 5) is 0.251. The Morgan fingerprint density at radius 2 is 1.90 bits per heavy atom. The minimum atomic E-state index is -0.740. The van der Waals surface area contributed by atoms with E-state index in [1.807, 2.05) is 0 Å². The molecule has 1 unspecified atom stereocenters. The Labute approximate surface area is 135 Å². The maximum atomic E-state index is 13.7. The topological polar surface area (TPSA) is 0 Å². The van der Waals surface area contributed by atoms with Gasteiger partial charge in [-0.1, -0.05) is 67.1 Å². The van der Waals surface area contributed by atoms with Crippen molar-refractivity contribution in [2.45, 2.75) is 63.1 Å². The molecule has 2 rings (SSSR count). The first-order valence-corrected chi connectivity index (χ1v) is 9.10. The summed E-state index contributed by atoms with van der Waals surface area (Å²) in [5, 5.41) is 0. The van der Waals surface area contributed by atoms with Gasteiger partial charge in [-0.25, -0.2) is 8.78 Å². The third-order valence-corrected chi connectivity index (χ3v) is 5.89. The summed E-state index contributed by atoms with van der Waals surface area (Å²) < 4.78 is 27.0. The van der Waals surface area contributed by atoms with Gasteiger partial charge in [0.1, 0.15) is 0 Å². The van der Waals surface area contributed by atoms with E-state index < -0.39 is 11.6 Å². The Balaban J connectivity index is 1.84. The highest BCUT2D eigenvalue weighted by Gasteiger charge is 2.26. The maximum Gasteiger partial charge on any atom is 0.162 e. The van der Waals surface area contributed by atoms with Gasteiger partial charge in [0.15, 0.2) is 11.6 Å². The largest absolute Gasteiger partial charge is 0.204 e. The molecule has 1 saturated carbocycles. The molecule has 1 atom stereocenters. The normalized spacial score (nSPS) is 24.0. The first kappa shape index (κ1) is 16.9. The van der Waals surface area contributed by atoms with Crippen LogP contribution in [0.15, 0.2) is 18.2 Å². The molecule has 21 heavy (non-hydrogen) atoms. The van der Waals surface area contributed by atoms with E-state index in [0.29, 0.717) is 17.9 Å². The van der Waals surface area contributed by atoms with Crippen LogP contribution in [0.25, 0.3) is 0 Å². The van der Waals surface area contributed by atoms with Crippen LogP contribution in [0.2, 0.25) is 0 Å². The molecule has 0 saturated heterocycles. The zero-order valence-corrected chi connectivity index (χ0v) is 14.3. The molecule has 0 aromatic heterocycles. The number of halogens is 3. The van der Waals surface area contributed by atoms with E-state index in [4.69, 9.17) is 0 Å². The standard InChI is InChI=1S/C18H25BrF2/c1-2-3-5-13-8-10-14(11-9-13)16(19)12-15-6-4-7-17(20)18(15)21/h4,6-7,13-14,16H,2-3,5,8-12H2,1H3. The monoisotopic (exact) mass is 358 g/mol. The number of unbranched alkanes of at least 4 members (excludes halogenated alkanes) is 1. The van der Waals surface area contributed by atoms with Crippen molar-refractivity contribution >= 4 is 15.9 Å². The Bertz CT molecular complexity index is 439. The van der Waals surface area contributed by atoms with Crippen LogP contribution in [0.1, 0.15) is 57.4 Å². The Morgan fingerprint density at radius 1 is 1.19 bits per heavy atom. The zero-order valence-electron chi connectivity index (χ0n) is 12.8. The van der Waals surface area contributed by atoms with E-state index in [9.17, 15) is 8.78 Å². The van der Waals surface area contributed by atoms with Gasteiger partial charge < -0.3 is 0 Å². The van der Waals surface area contributed by atoms with Crippen LogP contribution in [0, 0.1) is 23.5 Å². The molecule has 0 aliphatic heterocycles. The Kier molecular flexibility index (Phi) is 6.66. The summed E-state index contributed by atoms with van der Waals surface area (Å²) in [7, 11) is 0.